The molecule has 3 fully saturated rings. The maximum Gasteiger partial charge on any atom is 0.353 e. The summed E-state index contributed by atoms with van der Waals surface area (Å²) in [6.07, 6.45) is -0.251. The summed E-state index contributed by atoms with van der Waals surface area (Å²) in [6.45, 7) is 5.33. The van der Waals surface area contributed by atoms with Crippen molar-refractivity contribution in [3.63, 3.8) is 0 Å². The highest BCUT2D eigenvalue weighted by atomic mass is 32.2. The molecule has 0 aliphatic carbocycles. The third-order valence-electron chi connectivity index (χ3n) is 7.82. The summed E-state index contributed by atoms with van der Waals surface area (Å²) in [6, 6.07) is -0.417. The predicted octanol–water partition coefficient (Wildman–Crippen LogP) is -0.139. The van der Waals surface area contributed by atoms with E-state index in [1.165, 1.54) is 16.7 Å². The number of likely N-dealkylation sites (N-methyl/N-ethyl adjacent to an activating group) is 1. The molecule has 0 radical (unpaired) electrons. The lowest BCUT2D eigenvalue weighted by Gasteiger charge is -2.48. The van der Waals surface area contributed by atoms with E-state index in [1.54, 1.807) is 6.92 Å². The number of thioether (sulfide) groups is 1. The number of nitrogens with one attached hydrogen (secondary N) is 1. The second-order valence-electron chi connectivity index (χ2n) is 10.3. The van der Waals surface area contributed by atoms with Crippen molar-refractivity contribution in [2.24, 2.45) is 11.8 Å². The normalized spacial score (nSPS) is 33.2. The number of aliphatic carboxylic acids is 1. The Balaban J connectivity index is 1.37. The van der Waals surface area contributed by atoms with Crippen molar-refractivity contribution in [1.82, 2.24) is 15.1 Å². The molecule has 6 atom stereocenters. The van der Waals surface area contributed by atoms with E-state index in [4.69, 9.17) is 0 Å². The molecule has 0 aromatic heterocycles. The lowest BCUT2D eigenvalue weighted by atomic mass is 9.79. The third-order valence-corrected chi connectivity index (χ3v) is 9.33. The summed E-state index contributed by atoms with van der Waals surface area (Å²) in [5.74, 6) is -2.20. The molecule has 184 valence electrons. The van der Waals surface area contributed by atoms with E-state index >= 15 is 0 Å². The summed E-state index contributed by atoms with van der Waals surface area (Å²) in [4.78, 5) is 41.2. The van der Waals surface area contributed by atoms with Crippen LogP contribution in [-0.2, 0) is 14.4 Å². The predicted molar refractivity (Wildman–Crippen MR) is 121 cm³/mol. The zero-order valence-electron chi connectivity index (χ0n) is 19.5. The summed E-state index contributed by atoms with van der Waals surface area (Å²) in [7, 11) is 3.97. The smallest absolute Gasteiger partial charge is 0.353 e. The maximum absolute atomic E-state index is 12.9. The topological polar surface area (TPSA) is 110 Å². The van der Waals surface area contributed by atoms with Gasteiger partial charge in [0.2, 0.25) is 11.8 Å². The van der Waals surface area contributed by atoms with Crippen LogP contribution in [0.5, 0.6) is 0 Å². The minimum atomic E-state index is -1.14. The summed E-state index contributed by atoms with van der Waals surface area (Å²) < 4.78 is 13.3. The highest BCUT2D eigenvalue weighted by molar-refractivity contribution is 8.03. The number of alkyl halides is 1. The summed E-state index contributed by atoms with van der Waals surface area (Å²) in [5, 5.41) is 23.1. The molecule has 0 bridgehead atoms. The molecule has 4 aliphatic rings. The van der Waals surface area contributed by atoms with Crippen LogP contribution in [0.3, 0.4) is 0 Å². The van der Waals surface area contributed by atoms with Crippen LogP contribution < -0.4 is 5.32 Å². The number of carboxylic acids is 1. The Morgan fingerprint density at radius 3 is 2.58 bits per heavy atom. The van der Waals surface area contributed by atoms with E-state index in [1.807, 2.05) is 25.9 Å². The number of β-lactam (4-membered cyclic amide) rings is 1. The van der Waals surface area contributed by atoms with Crippen LogP contribution in [0.2, 0.25) is 0 Å². The Bertz CT molecular complexity index is 875. The first-order valence-electron chi connectivity index (χ1n) is 11.5. The van der Waals surface area contributed by atoms with Gasteiger partial charge in [-0.05, 0) is 13.3 Å². The number of likely N-dealkylation sites (tertiary alicyclic amines) is 1. The monoisotopic (exact) mass is 485 g/mol. The largest absolute Gasteiger partial charge is 0.477 e. The van der Waals surface area contributed by atoms with Crippen molar-refractivity contribution >= 4 is 29.5 Å². The van der Waals surface area contributed by atoms with Crippen molar-refractivity contribution in [3.05, 3.63) is 10.6 Å². The number of nitrogens with zero attached hydrogens (tertiary/aromatic N) is 3. The van der Waals surface area contributed by atoms with Crippen LogP contribution in [0, 0.1) is 11.8 Å². The number of amides is 2. The average Bonchev–Trinajstić information content (AvgIpc) is 3.22. The Hall–Kier alpha value is -1.69. The van der Waals surface area contributed by atoms with Gasteiger partial charge in [0.05, 0.1) is 51.3 Å². The fourth-order valence-corrected chi connectivity index (χ4v) is 7.02. The Morgan fingerprint density at radius 1 is 1.33 bits per heavy atom. The van der Waals surface area contributed by atoms with Crippen LogP contribution in [0.25, 0.3) is 0 Å². The number of fused-ring (bicyclic) bond motifs is 1. The van der Waals surface area contributed by atoms with Crippen LogP contribution in [-0.4, -0.2) is 119 Å². The highest BCUT2D eigenvalue weighted by Gasteiger charge is 2.60. The number of hydrogen-bond acceptors (Lipinski definition) is 6. The van der Waals surface area contributed by atoms with Crippen LogP contribution in [0.4, 0.5) is 4.39 Å². The number of aliphatic hydroxyl groups is 1. The molecule has 2 amide bonds. The van der Waals surface area contributed by atoms with E-state index in [2.05, 4.69) is 5.32 Å². The van der Waals surface area contributed by atoms with Gasteiger partial charge in [0.1, 0.15) is 25.0 Å². The van der Waals surface area contributed by atoms with Gasteiger partial charge in [0.25, 0.3) is 0 Å². The highest BCUT2D eigenvalue weighted by Crippen LogP contribution is 2.51. The molecule has 0 spiro atoms. The molecule has 0 saturated carbocycles. The van der Waals surface area contributed by atoms with Crippen molar-refractivity contribution in [2.75, 3.05) is 46.9 Å². The van der Waals surface area contributed by atoms with Gasteiger partial charge in [-0.2, -0.15) is 0 Å². The maximum atomic E-state index is 12.9. The summed E-state index contributed by atoms with van der Waals surface area (Å²) in [5.41, 5.74) is 0.0209. The summed E-state index contributed by atoms with van der Waals surface area (Å²) >= 11 is 1.44. The van der Waals surface area contributed by atoms with Crippen molar-refractivity contribution < 1.29 is 33.5 Å². The van der Waals surface area contributed by atoms with E-state index in [0.717, 1.165) is 0 Å². The van der Waals surface area contributed by atoms with Crippen molar-refractivity contribution in [1.29, 1.82) is 0 Å². The molecule has 3 saturated heterocycles. The van der Waals surface area contributed by atoms with Gasteiger partial charge in [-0.3, -0.25) is 9.59 Å². The Morgan fingerprint density at radius 2 is 2.00 bits per heavy atom. The number of carbonyl (C=O) groups is 3. The molecule has 11 heteroatoms. The standard InChI is InChI=1S/C22H33FN4O5S/c1-11-17-16(12(2)28)21(30)26(17)18(22(31)32)19(11)33-14-7-15(24-8-14)20(29)25-9-13(10-25)27(3,4)6-5-23/h11-17,24,28H,5-10H2,1-4H3/p+1/t11-,12?,14+,15+,16-,17-/m1/s1. The van der Waals surface area contributed by atoms with Crippen molar-refractivity contribution in [3.8, 4) is 0 Å². The van der Waals surface area contributed by atoms with Crippen molar-refractivity contribution in [2.45, 2.75) is 49.7 Å². The van der Waals surface area contributed by atoms with Gasteiger partial charge >= 0.3 is 5.97 Å². The Kier molecular flexibility index (Phi) is 6.54. The minimum absolute atomic E-state index is 0.0142. The number of aliphatic hydroxyl groups excluding tert-OH is 1. The minimum Gasteiger partial charge on any atom is -0.477 e. The average molecular weight is 486 g/mol. The fourth-order valence-electron chi connectivity index (χ4n) is 5.54. The lowest BCUT2D eigenvalue weighted by Crippen LogP contribution is -2.68. The van der Waals surface area contributed by atoms with Gasteiger partial charge < -0.3 is 29.8 Å². The molecule has 33 heavy (non-hydrogen) atoms. The lowest BCUT2D eigenvalue weighted by molar-refractivity contribution is -0.919. The van der Waals surface area contributed by atoms with Crippen LogP contribution >= 0.6 is 11.8 Å². The van der Waals surface area contributed by atoms with Gasteiger partial charge in [0, 0.05) is 22.6 Å². The first-order chi connectivity index (χ1) is 15.5. The quantitative estimate of drug-likeness (QED) is 0.324. The van der Waals surface area contributed by atoms with Crippen LogP contribution in [0.1, 0.15) is 20.3 Å². The molecule has 1 unspecified atom stereocenters. The number of quaternary nitrogens is 1. The zero-order chi connectivity index (χ0) is 24.2. The molecule has 4 aliphatic heterocycles. The second-order valence-corrected chi connectivity index (χ2v) is 11.6. The molecular weight excluding hydrogens is 451 g/mol. The van der Waals surface area contributed by atoms with Gasteiger partial charge in [-0.1, -0.05) is 6.92 Å². The molecule has 4 rings (SSSR count). The number of carboxylic acid groups (broad SMARTS) is 1. The number of carbonyl (C=O) groups excluding carboxylic acids is 2. The van der Waals surface area contributed by atoms with E-state index < -0.39 is 18.0 Å². The molecule has 4 heterocycles. The number of rotatable bonds is 8. The first kappa shape index (κ1) is 24.4. The second kappa shape index (κ2) is 8.83. The van der Waals surface area contributed by atoms with Gasteiger partial charge in [-0.15, -0.1) is 11.8 Å². The zero-order valence-corrected chi connectivity index (χ0v) is 20.3. The fraction of sp³-hybridized carbons (Fsp3) is 0.773. The Labute approximate surface area is 197 Å². The van der Waals surface area contributed by atoms with Gasteiger partial charge in [0.15, 0.2) is 0 Å². The molecule has 3 N–H and O–H groups in total. The third kappa shape index (κ3) is 4.06. The number of halogens is 1. The van der Waals surface area contributed by atoms with Crippen LogP contribution in [0.15, 0.2) is 10.6 Å². The number of hydrogen-bond donors (Lipinski definition) is 3. The van der Waals surface area contributed by atoms with Gasteiger partial charge in [-0.25, -0.2) is 9.18 Å². The first-order valence-corrected chi connectivity index (χ1v) is 12.4. The molecule has 0 aromatic rings. The van der Waals surface area contributed by atoms with E-state index in [0.29, 0.717) is 42.0 Å². The molecular formula is C22H34FN4O5S+. The molecule has 0 aromatic carbocycles. The van der Waals surface area contributed by atoms with E-state index in [9.17, 15) is 29.0 Å². The molecule has 9 nitrogen and oxygen atoms in total. The SMILES string of the molecule is CC(O)[C@H]1C(=O)N2C(C(=O)O)=C(S[C@@H]3CN[C@H](C(=O)N4CC([N+](C)(C)CCF)C4)C3)[C@H](C)[C@H]12. The van der Waals surface area contributed by atoms with E-state index in [-0.39, 0.29) is 53.5 Å².